The van der Waals surface area contributed by atoms with Gasteiger partial charge < -0.3 is 15.2 Å². The summed E-state index contributed by atoms with van der Waals surface area (Å²) in [5.74, 6) is 0.0736. The summed E-state index contributed by atoms with van der Waals surface area (Å²) in [5, 5.41) is 3.10. The predicted octanol–water partition coefficient (Wildman–Crippen LogP) is -0.0240. The van der Waals surface area contributed by atoms with Crippen molar-refractivity contribution in [3.63, 3.8) is 0 Å². The summed E-state index contributed by atoms with van der Waals surface area (Å²) in [6.07, 6.45) is 3.36. The van der Waals surface area contributed by atoms with E-state index in [9.17, 15) is 4.79 Å². The Labute approximate surface area is 83.5 Å². The van der Waals surface area contributed by atoms with Gasteiger partial charge in [0.15, 0.2) is 0 Å². The third-order valence-electron chi connectivity index (χ3n) is 1.96. The van der Waals surface area contributed by atoms with Gasteiger partial charge in [0.25, 0.3) is 0 Å². The minimum Gasteiger partial charge on any atom is -0.347 e. The van der Waals surface area contributed by atoms with Gasteiger partial charge >= 0.3 is 0 Å². The lowest BCUT2D eigenvalue weighted by Gasteiger charge is -2.17. The largest absolute Gasteiger partial charge is 0.347 e. The Morgan fingerprint density at radius 2 is 2.43 bits per heavy atom. The van der Waals surface area contributed by atoms with Gasteiger partial charge in [-0.2, -0.15) is 0 Å². The van der Waals surface area contributed by atoms with Crippen molar-refractivity contribution in [2.75, 3.05) is 14.1 Å². The highest BCUT2D eigenvalue weighted by Gasteiger charge is 2.13. The highest BCUT2D eigenvalue weighted by atomic mass is 16.2. The zero-order valence-electron chi connectivity index (χ0n) is 8.74. The normalized spacial score (nSPS) is 12.5. The Balaban J connectivity index is 2.35. The van der Waals surface area contributed by atoms with Gasteiger partial charge in [0.1, 0.15) is 0 Å². The summed E-state index contributed by atoms with van der Waals surface area (Å²) in [6.45, 7) is 2.47. The fourth-order valence-corrected chi connectivity index (χ4v) is 1.12. The molecule has 14 heavy (non-hydrogen) atoms. The summed E-state index contributed by atoms with van der Waals surface area (Å²) in [6, 6.07) is -0.173. The van der Waals surface area contributed by atoms with E-state index in [1.54, 1.807) is 31.5 Å². The van der Waals surface area contributed by atoms with Crippen molar-refractivity contribution in [2.24, 2.45) is 0 Å². The molecule has 0 aliphatic rings. The highest BCUT2D eigenvalue weighted by Crippen LogP contribution is 1.93. The molecule has 2 N–H and O–H groups in total. The lowest BCUT2D eigenvalue weighted by atomic mass is 10.3. The molecule has 1 aromatic rings. The van der Waals surface area contributed by atoms with Crippen molar-refractivity contribution in [1.82, 2.24) is 20.2 Å². The van der Waals surface area contributed by atoms with E-state index in [2.05, 4.69) is 15.3 Å². The number of nitrogens with zero attached hydrogens (tertiary/aromatic N) is 2. The van der Waals surface area contributed by atoms with Crippen molar-refractivity contribution in [3.8, 4) is 0 Å². The van der Waals surface area contributed by atoms with Gasteiger partial charge in [-0.3, -0.25) is 4.79 Å². The van der Waals surface area contributed by atoms with Crippen LogP contribution in [0, 0.1) is 0 Å². The standard InChI is InChI=1S/C9H16N4O/c1-7(9(14)13(2)3)11-5-8-4-10-6-12-8/h4,6-7,11H,5H2,1-3H3,(H,10,12). The number of aromatic nitrogens is 2. The van der Waals surface area contributed by atoms with Crippen molar-refractivity contribution in [3.05, 3.63) is 18.2 Å². The monoisotopic (exact) mass is 196 g/mol. The van der Waals surface area contributed by atoms with E-state index in [-0.39, 0.29) is 11.9 Å². The molecule has 0 spiro atoms. The molecule has 1 aromatic heterocycles. The van der Waals surface area contributed by atoms with Crippen LogP contribution < -0.4 is 5.32 Å². The maximum atomic E-state index is 11.4. The number of imidazole rings is 1. The number of nitrogens with one attached hydrogen (secondary N) is 2. The Bertz CT molecular complexity index is 281. The van der Waals surface area contributed by atoms with E-state index >= 15 is 0 Å². The highest BCUT2D eigenvalue weighted by molar-refractivity contribution is 5.80. The number of aromatic amines is 1. The molecule has 0 aliphatic carbocycles. The first-order chi connectivity index (χ1) is 6.61. The van der Waals surface area contributed by atoms with E-state index in [4.69, 9.17) is 0 Å². The zero-order valence-corrected chi connectivity index (χ0v) is 8.74. The SMILES string of the molecule is CC(NCc1cnc[nH]1)C(=O)N(C)C. The zero-order chi connectivity index (χ0) is 10.6. The molecule has 78 valence electrons. The third-order valence-corrected chi connectivity index (χ3v) is 1.96. The van der Waals surface area contributed by atoms with Crippen LogP contribution in [0.15, 0.2) is 12.5 Å². The van der Waals surface area contributed by atoms with E-state index in [0.29, 0.717) is 6.54 Å². The lowest BCUT2D eigenvalue weighted by Crippen LogP contribution is -2.41. The third kappa shape index (κ3) is 2.85. The molecule has 0 saturated carbocycles. The lowest BCUT2D eigenvalue weighted by molar-refractivity contribution is -0.130. The van der Waals surface area contributed by atoms with Gasteiger partial charge in [0, 0.05) is 32.5 Å². The Kier molecular flexibility index (Phi) is 3.64. The number of likely N-dealkylation sites (N-methyl/N-ethyl adjacent to an activating group) is 1. The minimum absolute atomic E-state index is 0.0736. The molecule has 1 rings (SSSR count). The number of rotatable bonds is 4. The second kappa shape index (κ2) is 4.76. The maximum Gasteiger partial charge on any atom is 0.238 e. The van der Waals surface area contributed by atoms with Gasteiger partial charge in [-0.15, -0.1) is 0 Å². The molecule has 0 aromatic carbocycles. The molecular formula is C9H16N4O. The van der Waals surface area contributed by atoms with Crippen LogP contribution >= 0.6 is 0 Å². The number of hydrogen-bond acceptors (Lipinski definition) is 3. The first-order valence-electron chi connectivity index (χ1n) is 4.53. The quantitative estimate of drug-likeness (QED) is 0.711. The number of carbonyl (C=O) groups is 1. The topological polar surface area (TPSA) is 61.0 Å². The van der Waals surface area contributed by atoms with Crippen molar-refractivity contribution < 1.29 is 4.79 Å². The summed E-state index contributed by atoms with van der Waals surface area (Å²) in [7, 11) is 3.49. The molecule has 1 atom stereocenters. The van der Waals surface area contributed by atoms with Crippen LogP contribution in [0.5, 0.6) is 0 Å². The van der Waals surface area contributed by atoms with Crippen LogP contribution in [-0.4, -0.2) is 40.9 Å². The molecule has 5 heteroatoms. The van der Waals surface area contributed by atoms with Gasteiger partial charge in [-0.25, -0.2) is 4.98 Å². The predicted molar refractivity (Wildman–Crippen MR) is 53.6 cm³/mol. The second-order valence-corrected chi connectivity index (χ2v) is 3.41. The van der Waals surface area contributed by atoms with E-state index < -0.39 is 0 Å². The van der Waals surface area contributed by atoms with E-state index in [1.165, 1.54) is 0 Å². The van der Waals surface area contributed by atoms with Gasteiger partial charge in [-0.05, 0) is 6.92 Å². The van der Waals surface area contributed by atoms with Crippen LogP contribution in [-0.2, 0) is 11.3 Å². The average Bonchev–Trinajstić information content (AvgIpc) is 2.65. The van der Waals surface area contributed by atoms with Crippen molar-refractivity contribution >= 4 is 5.91 Å². The first kappa shape index (κ1) is 10.7. The molecule has 0 radical (unpaired) electrons. The van der Waals surface area contributed by atoms with Crippen LogP contribution in [0.3, 0.4) is 0 Å². The molecule has 1 amide bonds. The molecule has 0 fully saturated rings. The number of H-pyrrole nitrogens is 1. The Hall–Kier alpha value is -1.36. The first-order valence-corrected chi connectivity index (χ1v) is 4.53. The minimum atomic E-state index is -0.173. The van der Waals surface area contributed by atoms with Crippen molar-refractivity contribution in [1.29, 1.82) is 0 Å². The molecule has 0 bridgehead atoms. The van der Waals surface area contributed by atoms with Gasteiger partial charge in [0.05, 0.1) is 12.4 Å². The van der Waals surface area contributed by atoms with Crippen LogP contribution in [0.2, 0.25) is 0 Å². The number of amides is 1. The number of carbonyl (C=O) groups excluding carboxylic acids is 1. The van der Waals surface area contributed by atoms with Crippen LogP contribution in [0.4, 0.5) is 0 Å². The molecule has 1 heterocycles. The maximum absolute atomic E-state index is 11.4. The summed E-state index contributed by atoms with van der Waals surface area (Å²) >= 11 is 0. The van der Waals surface area contributed by atoms with Crippen LogP contribution in [0.25, 0.3) is 0 Å². The van der Waals surface area contributed by atoms with Gasteiger partial charge in [-0.1, -0.05) is 0 Å². The van der Waals surface area contributed by atoms with Crippen molar-refractivity contribution in [2.45, 2.75) is 19.5 Å². The molecular weight excluding hydrogens is 180 g/mol. The fraction of sp³-hybridized carbons (Fsp3) is 0.556. The van der Waals surface area contributed by atoms with Gasteiger partial charge in [0.2, 0.25) is 5.91 Å². The Morgan fingerprint density at radius 1 is 1.71 bits per heavy atom. The summed E-state index contributed by atoms with van der Waals surface area (Å²) < 4.78 is 0. The summed E-state index contributed by atoms with van der Waals surface area (Å²) in [5.41, 5.74) is 0.975. The van der Waals surface area contributed by atoms with E-state index in [0.717, 1.165) is 5.69 Å². The van der Waals surface area contributed by atoms with Crippen LogP contribution in [0.1, 0.15) is 12.6 Å². The average molecular weight is 196 g/mol. The molecule has 5 nitrogen and oxygen atoms in total. The smallest absolute Gasteiger partial charge is 0.238 e. The number of hydrogen-bond donors (Lipinski definition) is 2. The Morgan fingerprint density at radius 3 is 2.93 bits per heavy atom. The molecule has 0 aliphatic heterocycles. The second-order valence-electron chi connectivity index (χ2n) is 3.41. The molecule has 1 unspecified atom stereocenters. The fourth-order valence-electron chi connectivity index (χ4n) is 1.12. The van der Waals surface area contributed by atoms with E-state index in [1.807, 2.05) is 6.92 Å². The molecule has 0 saturated heterocycles. The summed E-state index contributed by atoms with van der Waals surface area (Å²) in [4.78, 5) is 19.9.